The van der Waals surface area contributed by atoms with Gasteiger partial charge in [0, 0.05) is 19.6 Å². The predicted octanol–water partition coefficient (Wildman–Crippen LogP) is 2.10. The molecule has 0 radical (unpaired) electrons. The first-order valence-corrected chi connectivity index (χ1v) is 8.31. The standard InChI is InChI=1S/C19H22N4O2/c1-14(21-19(20)25)18(24)23-12-11-22(13-15-7-3-2-4-8-15)16-9-5-6-10-17(16)23/h2-10,14H,11-13H2,1H3,(H3,20,21,25). The Kier molecular flexibility index (Phi) is 4.88. The van der Waals surface area contributed by atoms with Crippen molar-refractivity contribution in [3.8, 4) is 0 Å². The van der Waals surface area contributed by atoms with Crippen molar-refractivity contribution in [2.75, 3.05) is 22.9 Å². The molecule has 0 aliphatic carbocycles. The highest BCUT2D eigenvalue weighted by molar-refractivity contribution is 6.01. The van der Waals surface area contributed by atoms with Gasteiger partial charge < -0.3 is 20.9 Å². The first-order valence-electron chi connectivity index (χ1n) is 8.31. The van der Waals surface area contributed by atoms with Gasteiger partial charge in [-0.1, -0.05) is 42.5 Å². The Morgan fingerprint density at radius 2 is 1.68 bits per heavy atom. The van der Waals surface area contributed by atoms with Crippen LogP contribution >= 0.6 is 0 Å². The lowest BCUT2D eigenvalue weighted by Crippen LogP contribution is -2.52. The Hall–Kier alpha value is -3.02. The van der Waals surface area contributed by atoms with Gasteiger partial charge >= 0.3 is 6.03 Å². The Bertz CT molecular complexity index is 763. The van der Waals surface area contributed by atoms with E-state index in [2.05, 4.69) is 22.3 Å². The van der Waals surface area contributed by atoms with Crippen LogP contribution in [0.1, 0.15) is 12.5 Å². The monoisotopic (exact) mass is 338 g/mol. The van der Waals surface area contributed by atoms with Crippen LogP contribution < -0.4 is 20.9 Å². The number of nitrogens with zero attached hydrogens (tertiary/aromatic N) is 2. The number of benzene rings is 2. The fourth-order valence-electron chi connectivity index (χ4n) is 3.13. The topological polar surface area (TPSA) is 78.7 Å². The number of carbonyl (C=O) groups is 2. The van der Waals surface area contributed by atoms with E-state index in [1.54, 1.807) is 11.8 Å². The van der Waals surface area contributed by atoms with Crippen molar-refractivity contribution in [3.63, 3.8) is 0 Å². The Balaban J connectivity index is 1.83. The molecular formula is C19H22N4O2. The molecule has 3 rings (SSSR count). The lowest BCUT2D eigenvalue weighted by Gasteiger charge is -2.38. The average Bonchev–Trinajstić information content (AvgIpc) is 2.62. The Labute approximate surface area is 147 Å². The summed E-state index contributed by atoms with van der Waals surface area (Å²) in [5.74, 6) is -0.161. The minimum atomic E-state index is -0.697. The average molecular weight is 338 g/mol. The highest BCUT2D eigenvalue weighted by atomic mass is 16.2. The maximum Gasteiger partial charge on any atom is 0.312 e. The third-order valence-electron chi connectivity index (χ3n) is 4.32. The SMILES string of the molecule is CC(NC(N)=O)C(=O)N1CCN(Cc2ccccc2)c2ccccc21. The van der Waals surface area contributed by atoms with Crippen molar-refractivity contribution >= 4 is 23.3 Å². The molecule has 25 heavy (non-hydrogen) atoms. The molecule has 0 saturated heterocycles. The van der Waals surface area contributed by atoms with Crippen LogP contribution in [0.3, 0.4) is 0 Å². The number of para-hydroxylation sites is 2. The summed E-state index contributed by atoms with van der Waals surface area (Å²) in [4.78, 5) is 27.7. The zero-order chi connectivity index (χ0) is 17.8. The van der Waals surface area contributed by atoms with Crippen molar-refractivity contribution in [2.24, 2.45) is 5.73 Å². The van der Waals surface area contributed by atoms with E-state index in [4.69, 9.17) is 5.73 Å². The van der Waals surface area contributed by atoms with Gasteiger partial charge in [-0.3, -0.25) is 4.79 Å². The van der Waals surface area contributed by atoms with E-state index in [0.29, 0.717) is 6.54 Å². The molecule has 0 aromatic heterocycles. The third-order valence-corrected chi connectivity index (χ3v) is 4.32. The fraction of sp³-hybridized carbons (Fsp3) is 0.263. The molecule has 3 amide bonds. The van der Waals surface area contributed by atoms with Gasteiger partial charge in [0.25, 0.3) is 0 Å². The predicted molar refractivity (Wildman–Crippen MR) is 98.5 cm³/mol. The Morgan fingerprint density at radius 3 is 2.36 bits per heavy atom. The number of hydrogen-bond donors (Lipinski definition) is 2. The normalized spacial score (nSPS) is 14.6. The van der Waals surface area contributed by atoms with E-state index >= 15 is 0 Å². The number of nitrogens with two attached hydrogens (primary N) is 1. The number of urea groups is 1. The number of anilines is 2. The fourth-order valence-corrected chi connectivity index (χ4v) is 3.13. The smallest absolute Gasteiger partial charge is 0.312 e. The number of amides is 3. The van der Waals surface area contributed by atoms with Crippen molar-refractivity contribution in [3.05, 3.63) is 60.2 Å². The summed E-state index contributed by atoms with van der Waals surface area (Å²) in [7, 11) is 0. The van der Waals surface area contributed by atoms with E-state index in [0.717, 1.165) is 24.5 Å². The van der Waals surface area contributed by atoms with Gasteiger partial charge in [0.15, 0.2) is 0 Å². The molecule has 6 nitrogen and oxygen atoms in total. The lowest BCUT2D eigenvalue weighted by molar-refractivity contribution is -0.120. The minimum absolute atomic E-state index is 0.161. The highest BCUT2D eigenvalue weighted by Gasteiger charge is 2.29. The maximum atomic E-state index is 12.7. The first kappa shape index (κ1) is 16.8. The summed E-state index contributed by atoms with van der Waals surface area (Å²) in [5.41, 5.74) is 8.22. The molecule has 1 heterocycles. The molecule has 1 aliphatic heterocycles. The van der Waals surface area contributed by atoms with Crippen LogP contribution in [0.4, 0.5) is 16.2 Å². The van der Waals surface area contributed by atoms with Crippen LogP contribution in [-0.2, 0) is 11.3 Å². The maximum absolute atomic E-state index is 12.7. The summed E-state index contributed by atoms with van der Waals surface area (Å²) in [6.07, 6.45) is 0. The van der Waals surface area contributed by atoms with Crippen LogP contribution in [0.5, 0.6) is 0 Å². The second kappa shape index (κ2) is 7.25. The molecule has 0 fully saturated rings. The zero-order valence-corrected chi connectivity index (χ0v) is 14.2. The highest BCUT2D eigenvalue weighted by Crippen LogP contribution is 2.34. The van der Waals surface area contributed by atoms with Crippen molar-refractivity contribution in [1.82, 2.24) is 5.32 Å². The van der Waals surface area contributed by atoms with Crippen LogP contribution in [0.15, 0.2) is 54.6 Å². The summed E-state index contributed by atoms with van der Waals surface area (Å²) >= 11 is 0. The number of rotatable bonds is 4. The van der Waals surface area contributed by atoms with E-state index in [1.165, 1.54) is 5.56 Å². The molecule has 2 aromatic rings. The van der Waals surface area contributed by atoms with Crippen LogP contribution in [0.25, 0.3) is 0 Å². The lowest BCUT2D eigenvalue weighted by atomic mass is 10.1. The third kappa shape index (κ3) is 3.74. The van der Waals surface area contributed by atoms with Crippen molar-refractivity contribution in [1.29, 1.82) is 0 Å². The number of hydrogen-bond acceptors (Lipinski definition) is 3. The molecule has 6 heteroatoms. The van der Waals surface area contributed by atoms with E-state index < -0.39 is 12.1 Å². The molecule has 3 N–H and O–H groups in total. The van der Waals surface area contributed by atoms with Gasteiger partial charge in [-0.05, 0) is 24.6 Å². The van der Waals surface area contributed by atoms with Crippen LogP contribution in [0, 0.1) is 0 Å². The van der Waals surface area contributed by atoms with E-state index in [-0.39, 0.29) is 5.91 Å². The molecule has 0 saturated carbocycles. The molecule has 0 spiro atoms. The number of nitrogens with one attached hydrogen (secondary N) is 1. The molecule has 0 bridgehead atoms. The summed E-state index contributed by atoms with van der Waals surface area (Å²) in [6, 6.07) is 16.7. The van der Waals surface area contributed by atoms with Crippen LogP contribution in [0.2, 0.25) is 0 Å². The van der Waals surface area contributed by atoms with Gasteiger partial charge in [-0.2, -0.15) is 0 Å². The van der Waals surface area contributed by atoms with Crippen molar-refractivity contribution < 1.29 is 9.59 Å². The van der Waals surface area contributed by atoms with Gasteiger partial charge in [-0.15, -0.1) is 0 Å². The quantitative estimate of drug-likeness (QED) is 0.896. The second-order valence-corrected chi connectivity index (χ2v) is 6.12. The van der Waals surface area contributed by atoms with Gasteiger partial charge in [0.05, 0.1) is 11.4 Å². The van der Waals surface area contributed by atoms with Crippen LogP contribution in [-0.4, -0.2) is 31.1 Å². The summed E-state index contributed by atoms with van der Waals surface area (Å²) in [5, 5.41) is 2.46. The van der Waals surface area contributed by atoms with Crippen molar-refractivity contribution in [2.45, 2.75) is 19.5 Å². The first-order chi connectivity index (χ1) is 12.1. The zero-order valence-electron chi connectivity index (χ0n) is 14.2. The van der Waals surface area contributed by atoms with E-state index in [9.17, 15) is 9.59 Å². The summed E-state index contributed by atoms with van der Waals surface area (Å²) in [6.45, 7) is 3.72. The number of primary amides is 1. The number of carbonyl (C=O) groups excluding carboxylic acids is 2. The molecule has 1 atom stereocenters. The number of fused-ring (bicyclic) bond motifs is 1. The largest absolute Gasteiger partial charge is 0.364 e. The second-order valence-electron chi connectivity index (χ2n) is 6.12. The van der Waals surface area contributed by atoms with Gasteiger partial charge in [-0.25, -0.2) is 4.79 Å². The van der Waals surface area contributed by atoms with Gasteiger partial charge in [0.1, 0.15) is 6.04 Å². The molecule has 1 aliphatic rings. The van der Waals surface area contributed by atoms with Gasteiger partial charge in [0.2, 0.25) is 5.91 Å². The molecule has 130 valence electrons. The van der Waals surface area contributed by atoms with E-state index in [1.807, 2.05) is 42.5 Å². The Morgan fingerprint density at radius 1 is 1.04 bits per heavy atom. The molecule has 2 aromatic carbocycles. The minimum Gasteiger partial charge on any atom is -0.364 e. The molecule has 1 unspecified atom stereocenters. The molecular weight excluding hydrogens is 316 g/mol. The summed E-state index contributed by atoms with van der Waals surface area (Å²) < 4.78 is 0.